The maximum absolute atomic E-state index is 12.5. The van der Waals surface area contributed by atoms with Crippen LogP contribution in [0.15, 0.2) is 0 Å². The van der Waals surface area contributed by atoms with E-state index in [1.165, 1.54) is 0 Å². The molecule has 17 heavy (non-hydrogen) atoms. The summed E-state index contributed by atoms with van der Waals surface area (Å²) in [5.41, 5.74) is -0.700. The summed E-state index contributed by atoms with van der Waals surface area (Å²) in [6.07, 6.45) is 3.32. The van der Waals surface area contributed by atoms with Gasteiger partial charge in [-0.1, -0.05) is 20.3 Å². The van der Waals surface area contributed by atoms with Crippen LogP contribution < -0.4 is 5.32 Å². The van der Waals surface area contributed by atoms with Gasteiger partial charge in [-0.05, 0) is 25.7 Å². The maximum atomic E-state index is 12.5. The second kappa shape index (κ2) is 4.31. The molecule has 1 aliphatic heterocycles. The zero-order valence-electron chi connectivity index (χ0n) is 11.0. The first-order valence-corrected chi connectivity index (χ1v) is 6.64. The number of rotatable bonds is 3. The molecule has 1 saturated carbocycles. The van der Waals surface area contributed by atoms with Gasteiger partial charge in [-0.15, -0.1) is 0 Å². The summed E-state index contributed by atoms with van der Waals surface area (Å²) in [6.45, 7) is 6.54. The third-order valence-electron chi connectivity index (χ3n) is 4.25. The Bertz CT molecular complexity index is 342. The van der Waals surface area contributed by atoms with Crippen molar-refractivity contribution in [1.29, 1.82) is 0 Å². The average Bonchev–Trinajstić information content (AvgIpc) is 3.08. The third kappa shape index (κ3) is 2.17. The fourth-order valence-electron chi connectivity index (χ4n) is 2.67. The highest BCUT2D eigenvalue weighted by molar-refractivity contribution is 5.93. The number of carbonyl (C=O) groups is 2. The highest BCUT2D eigenvalue weighted by Gasteiger charge is 2.48. The molecule has 4 nitrogen and oxygen atoms in total. The van der Waals surface area contributed by atoms with Crippen molar-refractivity contribution >= 4 is 11.8 Å². The van der Waals surface area contributed by atoms with Gasteiger partial charge >= 0.3 is 0 Å². The van der Waals surface area contributed by atoms with Gasteiger partial charge < -0.3 is 10.2 Å². The molecule has 0 bridgehead atoms. The van der Waals surface area contributed by atoms with E-state index < -0.39 is 5.54 Å². The molecule has 2 amide bonds. The molecular weight excluding hydrogens is 216 g/mol. The smallest absolute Gasteiger partial charge is 0.248 e. The summed E-state index contributed by atoms with van der Waals surface area (Å²) in [6, 6.07) is 0.381. The van der Waals surface area contributed by atoms with Crippen molar-refractivity contribution in [3.63, 3.8) is 0 Å². The first-order chi connectivity index (χ1) is 8.01. The van der Waals surface area contributed by atoms with Gasteiger partial charge in [0.1, 0.15) is 5.54 Å². The SMILES string of the molecule is CCC1CC1N1CCC(=O)NC(C)(CC)C1=O. The monoisotopic (exact) mass is 238 g/mol. The Morgan fingerprint density at radius 2 is 2.12 bits per heavy atom. The Balaban J connectivity index is 2.17. The molecule has 1 heterocycles. The lowest BCUT2D eigenvalue weighted by Gasteiger charge is -2.31. The van der Waals surface area contributed by atoms with E-state index >= 15 is 0 Å². The topological polar surface area (TPSA) is 49.4 Å². The highest BCUT2D eigenvalue weighted by atomic mass is 16.2. The molecule has 1 saturated heterocycles. The first kappa shape index (κ1) is 12.4. The molecule has 0 aromatic rings. The molecule has 1 N–H and O–H groups in total. The molecule has 2 fully saturated rings. The van der Waals surface area contributed by atoms with Crippen LogP contribution in [0.5, 0.6) is 0 Å². The predicted molar refractivity (Wildman–Crippen MR) is 65.4 cm³/mol. The minimum Gasteiger partial charge on any atom is -0.342 e. The minimum absolute atomic E-state index is 0.00102. The van der Waals surface area contributed by atoms with Crippen molar-refractivity contribution in [3.8, 4) is 0 Å². The Morgan fingerprint density at radius 1 is 1.41 bits per heavy atom. The number of nitrogens with zero attached hydrogens (tertiary/aromatic N) is 1. The van der Waals surface area contributed by atoms with Gasteiger partial charge in [0.05, 0.1) is 0 Å². The summed E-state index contributed by atoms with van der Waals surface area (Å²) in [5.74, 6) is 0.749. The van der Waals surface area contributed by atoms with Crippen molar-refractivity contribution in [2.75, 3.05) is 6.54 Å². The van der Waals surface area contributed by atoms with Crippen molar-refractivity contribution in [2.24, 2.45) is 5.92 Å². The molecule has 0 spiro atoms. The predicted octanol–water partition coefficient (Wildman–Crippen LogP) is 1.30. The number of amides is 2. The summed E-state index contributed by atoms with van der Waals surface area (Å²) < 4.78 is 0. The van der Waals surface area contributed by atoms with Gasteiger partial charge in [0.25, 0.3) is 0 Å². The molecule has 1 aliphatic carbocycles. The van der Waals surface area contributed by atoms with E-state index in [1.54, 1.807) is 0 Å². The lowest BCUT2D eigenvalue weighted by Crippen LogP contribution is -2.55. The minimum atomic E-state index is -0.700. The number of carbonyl (C=O) groups excluding carboxylic acids is 2. The largest absolute Gasteiger partial charge is 0.342 e. The third-order valence-corrected chi connectivity index (χ3v) is 4.25. The second-order valence-electron chi connectivity index (χ2n) is 5.45. The molecular formula is C13H22N2O2. The van der Waals surface area contributed by atoms with Crippen LogP contribution in [0.3, 0.4) is 0 Å². The van der Waals surface area contributed by atoms with Crippen LogP contribution in [-0.2, 0) is 9.59 Å². The Kier molecular flexibility index (Phi) is 3.15. The van der Waals surface area contributed by atoms with Crippen molar-refractivity contribution in [3.05, 3.63) is 0 Å². The van der Waals surface area contributed by atoms with Crippen LogP contribution in [0.1, 0.15) is 46.5 Å². The molecule has 3 atom stereocenters. The van der Waals surface area contributed by atoms with Gasteiger partial charge in [0.15, 0.2) is 0 Å². The Morgan fingerprint density at radius 3 is 2.65 bits per heavy atom. The van der Waals surface area contributed by atoms with E-state index in [-0.39, 0.29) is 11.8 Å². The molecule has 2 rings (SSSR count). The maximum Gasteiger partial charge on any atom is 0.248 e. The summed E-state index contributed by atoms with van der Waals surface area (Å²) in [7, 11) is 0. The first-order valence-electron chi connectivity index (χ1n) is 6.64. The van der Waals surface area contributed by atoms with Gasteiger partial charge in [-0.3, -0.25) is 9.59 Å². The normalized spacial score (nSPS) is 37.7. The van der Waals surface area contributed by atoms with Crippen molar-refractivity contribution in [1.82, 2.24) is 10.2 Å². The number of nitrogens with one attached hydrogen (secondary N) is 1. The van der Waals surface area contributed by atoms with E-state index in [4.69, 9.17) is 0 Å². The van der Waals surface area contributed by atoms with E-state index in [0.29, 0.717) is 31.3 Å². The van der Waals surface area contributed by atoms with E-state index in [1.807, 2.05) is 18.7 Å². The van der Waals surface area contributed by atoms with Crippen LogP contribution in [0.2, 0.25) is 0 Å². The van der Waals surface area contributed by atoms with Crippen molar-refractivity contribution < 1.29 is 9.59 Å². The van der Waals surface area contributed by atoms with Crippen LogP contribution in [0, 0.1) is 5.92 Å². The van der Waals surface area contributed by atoms with E-state index in [0.717, 1.165) is 12.8 Å². The summed E-state index contributed by atoms with van der Waals surface area (Å²) >= 11 is 0. The number of hydrogen-bond donors (Lipinski definition) is 1. The zero-order valence-corrected chi connectivity index (χ0v) is 11.0. The molecule has 96 valence electrons. The second-order valence-corrected chi connectivity index (χ2v) is 5.45. The molecule has 2 aliphatic rings. The fourth-order valence-corrected chi connectivity index (χ4v) is 2.67. The van der Waals surface area contributed by atoms with Crippen LogP contribution >= 0.6 is 0 Å². The van der Waals surface area contributed by atoms with Crippen molar-refractivity contribution in [2.45, 2.75) is 58.0 Å². The van der Waals surface area contributed by atoms with Crippen LogP contribution in [-0.4, -0.2) is 34.8 Å². The zero-order chi connectivity index (χ0) is 12.6. The van der Waals surface area contributed by atoms with Gasteiger partial charge in [0.2, 0.25) is 11.8 Å². The molecule has 3 unspecified atom stereocenters. The van der Waals surface area contributed by atoms with E-state index in [9.17, 15) is 9.59 Å². The lowest BCUT2D eigenvalue weighted by molar-refractivity contribution is -0.138. The molecule has 0 aromatic carbocycles. The molecule has 4 heteroatoms. The van der Waals surface area contributed by atoms with Gasteiger partial charge in [-0.25, -0.2) is 0 Å². The van der Waals surface area contributed by atoms with E-state index in [2.05, 4.69) is 12.2 Å². The molecule has 0 aromatic heterocycles. The fraction of sp³-hybridized carbons (Fsp3) is 0.846. The van der Waals surface area contributed by atoms with Gasteiger partial charge in [0, 0.05) is 19.0 Å². The van der Waals surface area contributed by atoms with Crippen LogP contribution in [0.25, 0.3) is 0 Å². The molecule has 0 radical (unpaired) electrons. The Hall–Kier alpha value is -1.06. The highest BCUT2D eigenvalue weighted by Crippen LogP contribution is 2.40. The summed E-state index contributed by atoms with van der Waals surface area (Å²) in [5, 5.41) is 2.87. The number of hydrogen-bond acceptors (Lipinski definition) is 2. The van der Waals surface area contributed by atoms with Crippen LogP contribution in [0.4, 0.5) is 0 Å². The average molecular weight is 238 g/mol. The standard InChI is InChI=1S/C13H22N2O2/c1-4-9-8-10(9)15-7-6-11(16)14-13(3,5-2)12(15)17/h9-10H,4-8H2,1-3H3,(H,14,16). The summed E-state index contributed by atoms with van der Waals surface area (Å²) in [4.78, 5) is 26.1. The quantitative estimate of drug-likeness (QED) is 0.805. The van der Waals surface area contributed by atoms with Gasteiger partial charge in [-0.2, -0.15) is 0 Å². The Labute approximate surface area is 103 Å². The lowest BCUT2D eigenvalue weighted by atomic mass is 9.97.